The Balaban J connectivity index is 0.000000542. The summed E-state index contributed by atoms with van der Waals surface area (Å²) < 4.78 is 31.4. The van der Waals surface area contributed by atoms with Gasteiger partial charge < -0.3 is 24.8 Å². The van der Waals surface area contributed by atoms with Gasteiger partial charge in [-0.15, -0.1) is 14.4 Å². The first-order chi connectivity index (χ1) is 48.4. The maximum Gasteiger partial charge on any atom is 0.695 e. The van der Waals surface area contributed by atoms with Gasteiger partial charge >= 0.3 is 20.3 Å². The number of aromatic nitrogens is 3. The van der Waals surface area contributed by atoms with Crippen molar-refractivity contribution in [2.45, 2.75) is 445 Å². The third-order valence-corrected chi connectivity index (χ3v) is 22.0. The van der Waals surface area contributed by atoms with Gasteiger partial charge in [-0.2, -0.15) is 9.97 Å². The normalized spacial score (nSPS) is 12.8. The van der Waals surface area contributed by atoms with Crippen molar-refractivity contribution in [3.05, 3.63) is 75.3 Å². The van der Waals surface area contributed by atoms with Crippen molar-refractivity contribution in [2.24, 2.45) is 0 Å². The molecule has 0 aliphatic carbocycles. The zero-order chi connectivity index (χ0) is 76.9. The Bertz CT molecular complexity index is 2840. The molecule has 0 aliphatic rings. The van der Waals surface area contributed by atoms with E-state index in [1.807, 2.05) is 24.3 Å². The molecule has 4 rings (SSSR count). The van der Waals surface area contributed by atoms with Crippen LogP contribution in [0, 0.1) is 0 Å². The van der Waals surface area contributed by atoms with Crippen molar-refractivity contribution in [2.75, 3.05) is 5.75 Å². The first-order valence-electron chi connectivity index (χ1n) is 41.6. The van der Waals surface area contributed by atoms with E-state index in [-0.39, 0.29) is 67.5 Å². The Morgan fingerprint density at radius 1 is 0.330 bits per heavy atom. The molecule has 4 N–H and O–H groups in total. The van der Waals surface area contributed by atoms with E-state index in [9.17, 15) is 24.8 Å². The Morgan fingerprint density at radius 3 is 0.845 bits per heavy atom. The monoisotopic (exact) mass is 1470 g/mol. The number of rotatable bonds is 49. The van der Waals surface area contributed by atoms with Gasteiger partial charge in [0.1, 0.15) is 5.75 Å². The highest BCUT2D eigenvalue weighted by Crippen LogP contribution is 2.50. The molecule has 0 bridgehead atoms. The van der Waals surface area contributed by atoms with Crippen molar-refractivity contribution in [1.29, 1.82) is 0 Å². The fourth-order valence-electron chi connectivity index (χ4n) is 13.8. The maximum atomic E-state index is 12.6. The molecule has 103 heavy (non-hydrogen) atoms. The van der Waals surface area contributed by atoms with Crippen LogP contribution in [0.1, 0.15) is 441 Å². The van der Waals surface area contributed by atoms with Crippen molar-refractivity contribution >= 4 is 20.0 Å². The van der Waals surface area contributed by atoms with Gasteiger partial charge in [-0.3, -0.25) is 0 Å². The molecule has 0 saturated carbocycles. The molecule has 3 aromatic carbocycles. The number of phenolic OH excluding ortho intramolecular Hbond substituents is 3. The fraction of sp³-hybridized carbons (Fsp3) is 0.767. The third-order valence-electron chi connectivity index (χ3n) is 20.6. The summed E-state index contributed by atoms with van der Waals surface area (Å²) in [6.07, 6.45) is 50.9. The third kappa shape index (κ3) is 36.2. The lowest BCUT2D eigenvalue weighted by Gasteiger charge is -2.34. The zero-order valence-corrected chi connectivity index (χ0v) is 71.8. The van der Waals surface area contributed by atoms with Crippen molar-refractivity contribution in [1.82, 2.24) is 15.0 Å². The van der Waals surface area contributed by atoms with Gasteiger partial charge in [0.15, 0.2) is 33.8 Å². The van der Waals surface area contributed by atoms with Gasteiger partial charge in [-0.25, -0.2) is 0 Å². The van der Waals surface area contributed by atoms with Crippen LogP contribution >= 0.6 is 20.0 Å². The van der Waals surface area contributed by atoms with E-state index in [2.05, 4.69) is 172 Å². The number of phenols is 3. The first kappa shape index (κ1) is 93.2. The molecule has 1 atom stereocenters. The van der Waals surface area contributed by atoms with Gasteiger partial charge in [-0.1, -0.05) is 407 Å². The van der Waals surface area contributed by atoms with Gasteiger partial charge in [0, 0.05) is 21.4 Å². The molecule has 1 aromatic heterocycles. The van der Waals surface area contributed by atoms with Crippen LogP contribution in [-0.4, -0.2) is 40.9 Å². The van der Waals surface area contributed by atoms with Crippen LogP contribution in [0.4, 0.5) is 0 Å². The topological polar surface area (TPSA) is 164 Å². The number of benzene rings is 3. The number of hydrogen-bond donors (Lipinski definition) is 4. The summed E-state index contributed by atoms with van der Waals surface area (Å²) in [5.41, 5.74) is 3.93. The molecule has 1 unspecified atom stereocenters. The van der Waals surface area contributed by atoms with Gasteiger partial charge in [0.2, 0.25) is 0 Å². The zero-order valence-electron chi connectivity index (χ0n) is 70.1. The van der Waals surface area contributed by atoms with Crippen molar-refractivity contribution < 1.29 is 38.8 Å². The minimum absolute atomic E-state index is 0.0178. The van der Waals surface area contributed by atoms with Crippen molar-refractivity contribution in [3.63, 3.8) is 0 Å². The predicted octanol–water partition coefficient (Wildman–Crippen LogP) is 29.7. The van der Waals surface area contributed by atoms with Gasteiger partial charge in [0.05, 0.1) is 0 Å². The highest BCUT2D eigenvalue weighted by atomic mass is 32.2. The van der Waals surface area contributed by atoms with E-state index in [0.29, 0.717) is 10.9 Å². The number of hydrogen-bond acceptors (Lipinski definition) is 11. The molecule has 1 heterocycles. The molecule has 0 saturated heterocycles. The van der Waals surface area contributed by atoms with Crippen LogP contribution in [-0.2, 0) is 47.2 Å². The lowest BCUT2D eigenvalue weighted by molar-refractivity contribution is 0.0377. The number of thioether (sulfide) groups is 1. The summed E-state index contributed by atoms with van der Waals surface area (Å²) in [6, 6.07) is 12.0. The van der Waals surface area contributed by atoms with Crippen LogP contribution in [0.2, 0.25) is 0 Å². The summed E-state index contributed by atoms with van der Waals surface area (Å²) in [4.78, 5) is 24.2. The smallest absolute Gasteiger partial charge is 0.507 e. The second-order valence-corrected chi connectivity index (χ2v) is 38.3. The summed E-state index contributed by atoms with van der Waals surface area (Å²) in [5.74, 6) is 1.85. The minimum atomic E-state index is -2.80. The molecular formula is C90H155N3O8PS+. The molecule has 588 valence electrons. The lowest BCUT2D eigenvalue weighted by atomic mass is 9.74. The standard InChI is InChI=1S/C51H95O4P.C39H59N3O4S/c1-9-11-13-15-17-19-21-23-25-27-29-31-33-35-37-39-41-51(55-56(53)54,45-43-46(49(3,4)5)48(52)47(44-45)50(6,7)8)42-40-38-36-34-32-30-28-26-24-22-20-18-16-14-12-10-2;1-14-15-16-17-18-19-20-47-35-41-33(45-29-23-25(36(2,3)4)21-27(31(29)43)38(8,9)10)40-34(42-35)46-30-24-26(37(5,6)7)22-28(32(30)44)39(11,12)13/h43-44H,9-42H2,1-8H3,(H-,52,53,54);21-24,43-44H,14-20H2,1-13H3/p+1. The number of ether oxygens (including phenoxy) is 2. The van der Waals surface area contributed by atoms with Crippen molar-refractivity contribution in [3.8, 4) is 40.8 Å². The van der Waals surface area contributed by atoms with Crippen LogP contribution in [0.25, 0.3) is 0 Å². The second-order valence-electron chi connectivity index (χ2n) is 36.6. The van der Waals surface area contributed by atoms with Crippen LogP contribution in [0.15, 0.2) is 41.6 Å². The van der Waals surface area contributed by atoms with E-state index < -0.39 is 13.9 Å². The predicted molar refractivity (Wildman–Crippen MR) is 442 cm³/mol. The van der Waals surface area contributed by atoms with Gasteiger partial charge in [-0.05, 0) is 104 Å². The highest BCUT2D eigenvalue weighted by molar-refractivity contribution is 7.99. The van der Waals surface area contributed by atoms with Crippen LogP contribution in [0.3, 0.4) is 0 Å². The largest absolute Gasteiger partial charge is 0.695 e. The molecule has 0 amide bonds. The minimum Gasteiger partial charge on any atom is -0.507 e. The number of aromatic hydroxyl groups is 3. The molecule has 0 radical (unpaired) electrons. The maximum absolute atomic E-state index is 12.6. The number of nitrogens with zero attached hydrogens (tertiary/aromatic N) is 3. The molecule has 0 spiro atoms. The molecule has 13 heteroatoms. The van der Waals surface area contributed by atoms with E-state index in [0.717, 1.165) is 96.1 Å². The fourth-order valence-corrected chi connectivity index (χ4v) is 15.2. The van der Waals surface area contributed by atoms with E-state index in [4.69, 9.17) is 14.0 Å². The van der Waals surface area contributed by atoms with Gasteiger partial charge in [0.25, 0.3) is 0 Å². The average Bonchev–Trinajstić information content (AvgIpc) is 0.782. The molecule has 11 nitrogen and oxygen atoms in total. The Kier molecular flexibility index (Phi) is 42.6. The Labute approximate surface area is 637 Å². The Hall–Kier alpha value is -3.96. The molecule has 0 aliphatic heterocycles. The summed E-state index contributed by atoms with van der Waals surface area (Å²) >= 11 is 1.52. The van der Waals surface area contributed by atoms with Crippen LogP contribution in [0.5, 0.6) is 40.8 Å². The van der Waals surface area contributed by atoms with E-state index in [1.165, 1.54) is 217 Å². The Morgan fingerprint density at radius 2 is 0.583 bits per heavy atom. The SMILES string of the molecule is CCCCCCCCCCCCCCCCCCC(CCCCCCCCCCCCCCCCCC)(O[P+](=O)O)c1cc(C(C)(C)C)c(O)c(C(C)(C)C)c1.CCCCCCCCSc1nc(Oc2cc(C(C)(C)C)cc(C(C)(C)C)c2O)nc(Oc2cc(C(C)(C)C)cc(C(C)(C)C)c2O)n1. The first-order valence-corrected chi connectivity index (χ1v) is 43.7. The van der Waals surface area contributed by atoms with Crippen LogP contribution < -0.4 is 9.47 Å². The lowest BCUT2D eigenvalue weighted by Crippen LogP contribution is -2.30. The molecule has 4 aromatic rings. The molecule has 0 fully saturated rings. The summed E-state index contributed by atoms with van der Waals surface area (Å²) in [6.45, 7) is 44.8. The average molecular weight is 1470 g/mol. The number of unbranched alkanes of at least 4 members (excludes halogenated alkanes) is 35. The summed E-state index contributed by atoms with van der Waals surface area (Å²) in [7, 11) is -2.80. The summed E-state index contributed by atoms with van der Waals surface area (Å²) in [5, 5.41) is 34.8. The second kappa shape index (κ2) is 47.1. The molecular weight excluding hydrogens is 1310 g/mol. The highest BCUT2D eigenvalue weighted by Gasteiger charge is 2.43. The van der Waals surface area contributed by atoms with E-state index >= 15 is 0 Å². The quantitative estimate of drug-likeness (QED) is 0.0188. The van der Waals surface area contributed by atoms with E-state index in [1.54, 1.807) is 0 Å².